The van der Waals surface area contributed by atoms with Gasteiger partial charge >= 0.3 is 0 Å². The fourth-order valence-electron chi connectivity index (χ4n) is 2.24. The topological polar surface area (TPSA) is 47.3 Å². The second-order valence-corrected chi connectivity index (χ2v) is 4.30. The Labute approximate surface area is 102 Å². The molecule has 0 bridgehead atoms. The molecule has 2 unspecified atom stereocenters. The van der Waals surface area contributed by atoms with Crippen LogP contribution >= 0.6 is 0 Å². The van der Waals surface area contributed by atoms with E-state index in [0.29, 0.717) is 5.56 Å². The summed E-state index contributed by atoms with van der Waals surface area (Å²) >= 11 is 0. The standard InChI is InChI=1S/C13H21FN2O/c1-5-11(17-4)13(16-15)12-9(3)6-8(2)7-10(12)14/h6-7,11,13,16H,5,15H2,1-4H3. The number of rotatable bonds is 5. The van der Waals surface area contributed by atoms with Crippen LogP contribution in [0.3, 0.4) is 0 Å². The zero-order valence-electron chi connectivity index (χ0n) is 10.9. The minimum Gasteiger partial charge on any atom is -0.379 e. The number of ether oxygens (including phenoxy) is 1. The van der Waals surface area contributed by atoms with Gasteiger partial charge < -0.3 is 4.74 Å². The minimum absolute atomic E-state index is 0.143. The van der Waals surface area contributed by atoms with Crippen LogP contribution in [0, 0.1) is 19.7 Å². The van der Waals surface area contributed by atoms with E-state index >= 15 is 0 Å². The summed E-state index contributed by atoms with van der Waals surface area (Å²) in [5.41, 5.74) is 5.04. The molecule has 0 fully saturated rings. The Balaban J connectivity index is 3.20. The first kappa shape index (κ1) is 14.1. The van der Waals surface area contributed by atoms with Gasteiger partial charge in [-0.15, -0.1) is 0 Å². The van der Waals surface area contributed by atoms with Crippen molar-refractivity contribution < 1.29 is 9.13 Å². The zero-order chi connectivity index (χ0) is 13.0. The van der Waals surface area contributed by atoms with Crippen molar-refractivity contribution in [3.05, 3.63) is 34.6 Å². The Hall–Kier alpha value is -0.970. The lowest BCUT2D eigenvalue weighted by Gasteiger charge is -2.26. The highest BCUT2D eigenvalue weighted by Gasteiger charge is 2.25. The average Bonchev–Trinajstić information content (AvgIpc) is 2.27. The molecule has 0 aliphatic heterocycles. The molecule has 96 valence electrons. The lowest BCUT2D eigenvalue weighted by Crippen LogP contribution is -2.38. The van der Waals surface area contributed by atoms with E-state index in [-0.39, 0.29) is 18.0 Å². The van der Waals surface area contributed by atoms with Crippen molar-refractivity contribution in [3.63, 3.8) is 0 Å². The summed E-state index contributed by atoms with van der Waals surface area (Å²) in [6.07, 6.45) is 0.619. The van der Waals surface area contributed by atoms with E-state index in [9.17, 15) is 4.39 Å². The number of hydrazine groups is 1. The molecule has 3 nitrogen and oxygen atoms in total. The number of hydrogen-bond acceptors (Lipinski definition) is 3. The number of aryl methyl sites for hydroxylation is 2. The maximum atomic E-state index is 14.0. The number of nitrogens with two attached hydrogens (primary N) is 1. The van der Waals surface area contributed by atoms with Crippen LogP contribution in [0.15, 0.2) is 12.1 Å². The van der Waals surface area contributed by atoms with Crippen molar-refractivity contribution in [2.75, 3.05) is 7.11 Å². The molecule has 0 spiro atoms. The quantitative estimate of drug-likeness (QED) is 0.613. The molecular weight excluding hydrogens is 219 g/mol. The van der Waals surface area contributed by atoms with Crippen LogP contribution in [-0.2, 0) is 4.74 Å². The molecule has 0 aliphatic rings. The Morgan fingerprint density at radius 2 is 2.06 bits per heavy atom. The first-order valence-electron chi connectivity index (χ1n) is 5.80. The van der Waals surface area contributed by atoms with E-state index in [2.05, 4.69) is 5.43 Å². The molecular formula is C13H21FN2O. The van der Waals surface area contributed by atoms with Gasteiger partial charge in [-0.1, -0.05) is 13.0 Å². The van der Waals surface area contributed by atoms with Crippen LogP contribution in [0.2, 0.25) is 0 Å². The highest BCUT2D eigenvalue weighted by Crippen LogP contribution is 2.27. The van der Waals surface area contributed by atoms with Crippen molar-refractivity contribution >= 4 is 0 Å². The van der Waals surface area contributed by atoms with E-state index in [4.69, 9.17) is 10.6 Å². The molecule has 0 amide bonds. The van der Waals surface area contributed by atoms with E-state index < -0.39 is 0 Å². The third-order valence-corrected chi connectivity index (χ3v) is 3.05. The average molecular weight is 240 g/mol. The first-order valence-corrected chi connectivity index (χ1v) is 5.80. The number of benzene rings is 1. The highest BCUT2D eigenvalue weighted by molar-refractivity contribution is 5.35. The van der Waals surface area contributed by atoms with E-state index in [0.717, 1.165) is 17.5 Å². The highest BCUT2D eigenvalue weighted by atomic mass is 19.1. The molecule has 0 radical (unpaired) electrons. The Kier molecular flexibility index (Phi) is 5.05. The third kappa shape index (κ3) is 3.03. The van der Waals surface area contributed by atoms with Gasteiger partial charge in [-0.3, -0.25) is 11.3 Å². The predicted octanol–water partition coefficient (Wildman–Crippen LogP) is 2.37. The molecule has 4 heteroatoms. The van der Waals surface area contributed by atoms with Crippen molar-refractivity contribution in [2.24, 2.45) is 5.84 Å². The van der Waals surface area contributed by atoms with Crippen molar-refractivity contribution in [1.82, 2.24) is 5.43 Å². The van der Waals surface area contributed by atoms with Crippen LogP contribution in [0.25, 0.3) is 0 Å². The summed E-state index contributed by atoms with van der Waals surface area (Å²) < 4.78 is 19.4. The second kappa shape index (κ2) is 6.10. The van der Waals surface area contributed by atoms with Crippen LogP contribution in [0.1, 0.15) is 36.1 Å². The Morgan fingerprint density at radius 3 is 2.47 bits per heavy atom. The molecule has 1 rings (SSSR count). The van der Waals surface area contributed by atoms with Crippen molar-refractivity contribution in [2.45, 2.75) is 39.3 Å². The van der Waals surface area contributed by atoms with Crippen LogP contribution in [-0.4, -0.2) is 13.2 Å². The maximum Gasteiger partial charge on any atom is 0.128 e. The smallest absolute Gasteiger partial charge is 0.128 e. The second-order valence-electron chi connectivity index (χ2n) is 4.30. The van der Waals surface area contributed by atoms with Gasteiger partial charge in [0.25, 0.3) is 0 Å². The van der Waals surface area contributed by atoms with Gasteiger partial charge in [0.1, 0.15) is 5.82 Å². The van der Waals surface area contributed by atoms with E-state index in [1.54, 1.807) is 7.11 Å². The van der Waals surface area contributed by atoms with Crippen LogP contribution in [0.4, 0.5) is 4.39 Å². The summed E-state index contributed by atoms with van der Waals surface area (Å²) in [5, 5.41) is 0. The summed E-state index contributed by atoms with van der Waals surface area (Å²) in [4.78, 5) is 0. The van der Waals surface area contributed by atoms with E-state index in [1.165, 1.54) is 6.07 Å². The molecule has 3 N–H and O–H groups in total. The van der Waals surface area contributed by atoms with Crippen LogP contribution < -0.4 is 11.3 Å². The van der Waals surface area contributed by atoms with Gasteiger partial charge in [0.05, 0.1) is 12.1 Å². The molecule has 0 saturated heterocycles. The number of nitrogens with one attached hydrogen (secondary N) is 1. The largest absolute Gasteiger partial charge is 0.379 e. The third-order valence-electron chi connectivity index (χ3n) is 3.05. The van der Waals surface area contributed by atoms with Gasteiger partial charge in [-0.05, 0) is 37.5 Å². The fourth-order valence-corrected chi connectivity index (χ4v) is 2.24. The summed E-state index contributed by atoms with van der Waals surface area (Å²) in [5.74, 6) is 5.30. The molecule has 0 aromatic heterocycles. The van der Waals surface area contributed by atoms with Gasteiger partial charge in [0.2, 0.25) is 0 Å². The normalized spacial score (nSPS) is 14.7. The molecule has 0 aliphatic carbocycles. The first-order chi connectivity index (χ1) is 8.04. The molecule has 17 heavy (non-hydrogen) atoms. The van der Waals surface area contributed by atoms with Crippen LogP contribution in [0.5, 0.6) is 0 Å². The van der Waals surface area contributed by atoms with Gasteiger partial charge in [-0.2, -0.15) is 0 Å². The molecule has 2 atom stereocenters. The SMILES string of the molecule is CCC(OC)C(NN)c1c(C)cc(C)cc1F. The number of hydrogen-bond donors (Lipinski definition) is 2. The number of methoxy groups -OCH3 is 1. The predicted molar refractivity (Wildman–Crippen MR) is 67.0 cm³/mol. The number of halogens is 1. The summed E-state index contributed by atoms with van der Waals surface area (Å²) in [7, 11) is 1.61. The van der Waals surface area contributed by atoms with Crippen molar-refractivity contribution in [1.29, 1.82) is 0 Å². The van der Waals surface area contributed by atoms with Gasteiger partial charge in [-0.25, -0.2) is 4.39 Å². The van der Waals surface area contributed by atoms with Crippen molar-refractivity contribution in [3.8, 4) is 0 Å². The lowest BCUT2D eigenvalue weighted by atomic mass is 9.94. The maximum absolute atomic E-state index is 14.0. The summed E-state index contributed by atoms with van der Waals surface area (Å²) in [6, 6.07) is 3.14. The monoisotopic (exact) mass is 240 g/mol. The fraction of sp³-hybridized carbons (Fsp3) is 0.538. The molecule has 0 heterocycles. The lowest BCUT2D eigenvalue weighted by molar-refractivity contribution is 0.0637. The Morgan fingerprint density at radius 1 is 1.41 bits per heavy atom. The van der Waals surface area contributed by atoms with Gasteiger partial charge in [0.15, 0.2) is 0 Å². The molecule has 1 aromatic carbocycles. The summed E-state index contributed by atoms with van der Waals surface area (Å²) in [6.45, 7) is 5.75. The van der Waals surface area contributed by atoms with E-state index in [1.807, 2.05) is 26.8 Å². The van der Waals surface area contributed by atoms with Gasteiger partial charge in [0, 0.05) is 12.7 Å². The molecule has 0 saturated carbocycles. The molecule has 1 aromatic rings. The zero-order valence-corrected chi connectivity index (χ0v) is 10.9. The Bertz CT molecular complexity index is 355. The minimum atomic E-state index is -0.328.